The topological polar surface area (TPSA) is 24.9 Å². The van der Waals surface area contributed by atoms with E-state index in [2.05, 4.69) is 32.3 Å². The summed E-state index contributed by atoms with van der Waals surface area (Å²) in [7, 11) is 1.87. The summed E-state index contributed by atoms with van der Waals surface area (Å²) in [5.74, 6) is 0.917. The van der Waals surface area contributed by atoms with E-state index in [-0.39, 0.29) is 0 Å². The second-order valence-corrected chi connectivity index (χ2v) is 4.48. The molecule has 72 valence electrons. The molecule has 0 atom stereocenters. The first-order valence-electron chi connectivity index (χ1n) is 4.19. The van der Waals surface area contributed by atoms with E-state index in [1.54, 1.807) is 11.3 Å². The summed E-state index contributed by atoms with van der Waals surface area (Å²) in [5.41, 5.74) is 1.14. The predicted molar refractivity (Wildman–Crippen MR) is 64.8 cm³/mol. The normalized spacial score (nSPS) is 10.1. The minimum Gasteiger partial charge on any atom is -0.372 e. The molecule has 2 aromatic rings. The largest absolute Gasteiger partial charge is 0.372 e. The minimum atomic E-state index is 0.917. The highest BCUT2D eigenvalue weighted by Gasteiger charge is 2.06. The fraction of sp³-hybridized carbons (Fsp3) is 0.100. The number of rotatable bonds is 2. The number of anilines is 1. The molecule has 0 aliphatic rings. The third-order valence-corrected chi connectivity index (χ3v) is 3.43. The van der Waals surface area contributed by atoms with Crippen molar-refractivity contribution < 1.29 is 0 Å². The van der Waals surface area contributed by atoms with Crippen LogP contribution in [0.5, 0.6) is 0 Å². The Morgan fingerprint density at radius 3 is 2.79 bits per heavy atom. The summed E-state index contributed by atoms with van der Waals surface area (Å²) >= 11 is 5.15. The van der Waals surface area contributed by atoms with Gasteiger partial charge in [-0.3, -0.25) is 0 Å². The van der Waals surface area contributed by atoms with Crippen LogP contribution in [0.1, 0.15) is 0 Å². The van der Waals surface area contributed by atoms with Gasteiger partial charge < -0.3 is 5.32 Å². The zero-order valence-corrected chi connectivity index (χ0v) is 10.0. The van der Waals surface area contributed by atoms with Gasteiger partial charge in [0.1, 0.15) is 10.8 Å². The minimum absolute atomic E-state index is 0.917. The fourth-order valence-corrected chi connectivity index (χ4v) is 2.60. The first-order chi connectivity index (χ1) is 6.81. The van der Waals surface area contributed by atoms with Gasteiger partial charge >= 0.3 is 0 Å². The molecule has 0 saturated heterocycles. The van der Waals surface area contributed by atoms with Crippen LogP contribution in [-0.2, 0) is 0 Å². The molecular weight excluding hydrogens is 260 g/mol. The van der Waals surface area contributed by atoms with E-state index < -0.39 is 0 Å². The molecule has 0 radical (unpaired) electrons. The predicted octanol–water partition coefficient (Wildman–Crippen LogP) is 3.61. The summed E-state index contributed by atoms with van der Waals surface area (Å²) in [6.45, 7) is 0. The van der Waals surface area contributed by atoms with Crippen LogP contribution in [-0.4, -0.2) is 12.0 Å². The van der Waals surface area contributed by atoms with Gasteiger partial charge in [-0.1, -0.05) is 34.1 Å². The maximum absolute atomic E-state index is 4.44. The molecule has 0 spiro atoms. The van der Waals surface area contributed by atoms with E-state index in [1.165, 1.54) is 0 Å². The van der Waals surface area contributed by atoms with Crippen molar-refractivity contribution in [2.45, 2.75) is 0 Å². The van der Waals surface area contributed by atoms with E-state index in [1.807, 2.05) is 30.6 Å². The molecule has 14 heavy (non-hydrogen) atoms. The highest BCUT2D eigenvalue weighted by Crippen LogP contribution is 2.31. The van der Waals surface area contributed by atoms with Crippen molar-refractivity contribution in [1.82, 2.24) is 4.98 Å². The van der Waals surface area contributed by atoms with Gasteiger partial charge in [-0.25, -0.2) is 4.98 Å². The SMILES string of the molecule is CNc1csc(-c2ccccc2Br)n1. The molecule has 2 rings (SSSR count). The van der Waals surface area contributed by atoms with Gasteiger partial charge in [-0.2, -0.15) is 0 Å². The number of nitrogens with zero attached hydrogens (tertiary/aromatic N) is 1. The molecule has 0 unspecified atom stereocenters. The van der Waals surface area contributed by atoms with Crippen molar-refractivity contribution in [1.29, 1.82) is 0 Å². The second kappa shape index (κ2) is 4.11. The quantitative estimate of drug-likeness (QED) is 0.900. The number of benzene rings is 1. The van der Waals surface area contributed by atoms with Crippen molar-refractivity contribution in [3.8, 4) is 10.6 Å². The summed E-state index contributed by atoms with van der Waals surface area (Å²) in [6, 6.07) is 8.10. The Morgan fingerprint density at radius 2 is 2.14 bits per heavy atom. The van der Waals surface area contributed by atoms with Crippen LogP contribution in [0, 0.1) is 0 Å². The molecule has 0 amide bonds. The van der Waals surface area contributed by atoms with Crippen LogP contribution in [0.15, 0.2) is 34.1 Å². The number of nitrogens with one attached hydrogen (secondary N) is 1. The molecule has 0 aliphatic heterocycles. The number of thiazole rings is 1. The Kier molecular flexibility index (Phi) is 2.84. The highest BCUT2D eigenvalue weighted by atomic mass is 79.9. The van der Waals surface area contributed by atoms with Gasteiger partial charge in [0.05, 0.1) is 0 Å². The van der Waals surface area contributed by atoms with Crippen molar-refractivity contribution in [3.63, 3.8) is 0 Å². The van der Waals surface area contributed by atoms with Crippen molar-refractivity contribution in [2.24, 2.45) is 0 Å². The maximum Gasteiger partial charge on any atom is 0.137 e. The zero-order valence-electron chi connectivity index (χ0n) is 7.62. The lowest BCUT2D eigenvalue weighted by atomic mass is 10.2. The van der Waals surface area contributed by atoms with Crippen LogP contribution >= 0.6 is 27.3 Å². The third-order valence-electron chi connectivity index (χ3n) is 1.86. The third kappa shape index (κ3) is 1.81. The first-order valence-corrected chi connectivity index (χ1v) is 5.86. The van der Waals surface area contributed by atoms with E-state index in [4.69, 9.17) is 0 Å². The van der Waals surface area contributed by atoms with Gasteiger partial charge in [-0.15, -0.1) is 11.3 Å². The van der Waals surface area contributed by atoms with Crippen LogP contribution < -0.4 is 5.32 Å². The smallest absolute Gasteiger partial charge is 0.137 e. The Hall–Kier alpha value is -0.870. The Morgan fingerprint density at radius 1 is 1.36 bits per heavy atom. The lowest BCUT2D eigenvalue weighted by Gasteiger charge is -1.98. The van der Waals surface area contributed by atoms with Gasteiger partial charge in [0.15, 0.2) is 0 Å². The summed E-state index contributed by atoms with van der Waals surface area (Å²) < 4.78 is 1.08. The Labute approximate surface area is 95.1 Å². The van der Waals surface area contributed by atoms with Crippen molar-refractivity contribution >= 4 is 33.1 Å². The average Bonchev–Trinajstić information content (AvgIpc) is 2.67. The monoisotopic (exact) mass is 268 g/mol. The molecule has 0 fully saturated rings. The average molecular weight is 269 g/mol. The molecule has 1 heterocycles. The molecule has 1 aromatic heterocycles. The summed E-state index contributed by atoms with van der Waals surface area (Å²) in [6.07, 6.45) is 0. The molecule has 1 N–H and O–H groups in total. The van der Waals surface area contributed by atoms with Crippen LogP contribution in [0.2, 0.25) is 0 Å². The fourth-order valence-electron chi connectivity index (χ4n) is 1.15. The standard InChI is InChI=1S/C10H9BrN2S/c1-12-9-6-14-10(13-9)7-4-2-3-5-8(7)11/h2-6,12H,1H3. The van der Waals surface area contributed by atoms with E-state index in [0.717, 1.165) is 20.9 Å². The van der Waals surface area contributed by atoms with Crippen molar-refractivity contribution in [3.05, 3.63) is 34.1 Å². The number of hydrogen-bond donors (Lipinski definition) is 1. The van der Waals surface area contributed by atoms with Gasteiger partial charge in [0.2, 0.25) is 0 Å². The van der Waals surface area contributed by atoms with Gasteiger partial charge in [0, 0.05) is 22.5 Å². The zero-order chi connectivity index (χ0) is 9.97. The summed E-state index contributed by atoms with van der Waals surface area (Å²) in [4.78, 5) is 4.44. The lowest BCUT2D eigenvalue weighted by Crippen LogP contribution is -1.87. The van der Waals surface area contributed by atoms with E-state index >= 15 is 0 Å². The molecule has 4 heteroatoms. The van der Waals surface area contributed by atoms with Crippen LogP contribution in [0.25, 0.3) is 10.6 Å². The summed E-state index contributed by atoms with van der Waals surface area (Å²) in [5, 5.41) is 6.06. The Bertz CT molecular complexity index is 439. The first kappa shape index (κ1) is 9.68. The maximum atomic E-state index is 4.44. The van der Waals surface area contributed by atoms with Crippen molar-refractivity contribution in [2.75, 3.05) is 12.4 Å². The molecule has 1 aromatic carbocycles. The Balaban J connectivity index is 2.44. The van der Waals surface area contributed by atoms with Gasteiger partial charge in [0.25, 0.3) is 0 Å². The number of aromatic nitrogens is 1. The van der Waals surface area contributed by atoms with E-state index in [9.17, 15) is 0 Å². The number of hydrogen-bond acceptors (Lipinski definition) is 3. The van der Waals surface area contributed by atoms with E-state index in [0.29, 0.717) is 0 Å². The molecule has 0 bridgehead atoms. The lowest BCUT2D eigenvalue weighted by molar-refractivity contribution is 1.35. The van der Waals surface area contributed by atoms with Gasteiger partial charge in [-0.05, 0) is 6.07 Å². The number of halogens is 1. The second-order valence-electron chi connectivity index (χ2n) is 2.77. The molecule has 0 aliphatic carbocycles. The van der Waals surface area contributed by atoms with Crippen LogP contribution in [0.3, 0.4) is 0 Å². The molecular formula is C10H9BrN2S. The highest BCUT2D eigenvalue weighted by molar-refractivity contribution is 9.10. The molecule has 2 nitrogen and oxygen atoms in total. The molecule has 0 saturated carbocycles. The van der Waals surface area contributed by atoms with Crippen LogP contribution in [0.4, 0.5) is 5.82 Å².